The third-order valence-electron chi connectivity index (χ3n) is 5.61. The first-order valence-electron chi connectivity index (χ1n) is 10.5. The van der Waals surface area contributed by atoms with Crippen LogP contribution < -0.4 is 4.74 Å². The topological polar surface area (TPSA) is 73.1 Å². The number of benzene rings is 2. The third kappa shape index (κ3) is 4.22. The van der Waals surface area contributed by atoms with E-state index in [4.69, 9.17) is 9.72 Å². The number of methoxy groups -OCH3 is 1. The number of hydrogen-bond donors (Lipinski definition) is 0. The summed E-state index contributed by atoms with van der Waals surface area (Å²) in [5, 5.41) is 9.99. The van der Waals surface area contributed by atoms with Gasteiger partial charge >= 0.3 is 0 Å². The first-order chi connectivity index (χ1) is 15.7. The van der Waals surface area contributed by atoms with E-state index in [1.165, 1.54) is 16.5 Å². The van der Waals surface area contributed by atoms with Crippen LogP contribution in [0.15, 0.2) is 60.0 Å². The van der Waals surface area contributed by atoms with Gasteiger partial charge in [0.15, 0.2) is 5.16 Å². The molecular weight excluding hydrogens is 442 g/mol. The van der Waals surface area contributed by atoms with Crippen molar-refractivity contribution >= 4 is 39.2 Å². The smallest absolute Gasteiger partial charge is 0.233 e. The minimum absolute atomic E-state index is 0.0497. The molecule has 0 radical (unpaired) electrons. The fourth-order valence-corrected chi connectivity index (χ4v) is 5.90. The molecule has 0 N–H and O–H groups in total. The zero-order chi connectivity index (χ0) is 21.9. The Morgan fingerprint density at radius 1 is 1.19 bits per heavy atom. The van der Waals surface area contributed by atoms with Gasteiger partial charge in [0, 0.05) is 12.2 Å². The van der Waals surface area contributed by atoms with Crippen molar-refractivity contribution in [3.63, 3.8) is 0 Å². The molecule has 1 amide bonds. The molecule has 0 saturated carbocycles. The zero-order valence-corrected chi connectivity index (χ0v) is 19.3. The molecule has 164 valence electrons. The highest BCUT2D eigenvalue weighted by molar-refractivity contribution is 7.99. The van der Waals surface area contributed by atoms with Crippen LogP contribution in [0, 0.1) is 0 Å². The Morgan fingerprint density at radius 3 is 2.84 bits per heavy atom. The zero-order valence-electron chi connectivity index (χ0n) is 17.7. The minimum atomic E-state index is 0.0497. The van der Waals surface area contributed by atoms with Gasteiger partial charge in [-0.2, -0.15) is 0 Å². The number of carbonyl (C=O) groups excluding carboxylic acids is 1. The summed E-state index contributed by atoms with van der Waals surface area (Å²) in [4.78, 5) is 20.1. The predicted molar refractivity (Wildman–Crippen MR) is 127 cm³/mol. The Labute approximate surface area is 194 Å². The molecule has 1 atom stereocenters. The van der Waals surface area contributed by atoms with Gasteiger partial charge in [-0.3, -0.25) is 9.36 Å². The molecule has 2 aromatic carbocycles. The number of thiazole rings is 1. The van der Waals surface area contributed by atoms with Crippen molar-refractivity contribution in [1.82, 2.24) is 24.6 Å². The molecule has 1 aliphatic rings. The number of amides is 1. The van der Waals surface area contributed by atoms with Crippen LogP contribution in [0.25, 0.3) is 15.9 Å². The summed E-state index contributed by atoms with van der Waals surface area (Å²) in [7, 11) is 1.64. The van der Waals surface area contributed by atoms with Crippen molar-refractivity contribution in [2.24, 2.45) is 0 Å². The summed E-state index contributed by atoms with van der Waals surface area (Å²) in [5.74, 6) is 1.22. The van der Waals surface area contributed by atoms with Gasteiger partial charge in [-0.15, -0.1) is 21.5 Å². The van der Waals surface area contributed by atoms with E-state index in [-0.39, 0.29) is 11.9 Å². The van der Waals surface area contributed by atoms with E-state index >= 15 is 0 Å². The van der Waals surface area contributed by atoms with Crippen molar-refractivity contribution in [2.45, 2.75) is 30.5 Å². The fraction of sp³-hybridized carbons (Fsp3) is 0.304. The van der Waals surface area contributed by atoms with E-state index in [0.717, 1.165) is 47.8 Å². The number of hydrogen-bond acceptors (Lipinski definition) is 7. The van der Waals surface area contributed by atoms with Crippen LogP contribution in [-0.2, 0) is 4.79 Å². The molecule has 3 heterocycles. The minimum Gasteiger partial charge on any atom is -0.497 e. The van der Waals surface area contributed by atoms with Crippen molar-refractivity contribution < 1.29 is 9.53 Å². The van der Waals surface area contributed by atoms with Crippen LogP contribution in [0.5, 0.6) is 5.75 Å². The molecule has 9 heteroatoms. The van der Waals surface area contributed by atoms with Crippen LogP contribution in [0.2, 0.25) is 0 Å². The van der Waals surface area contributed by atoms with Crippen LogP contribution in [-0.4, -0.2) is 50.0 Å². The lowest BCUT2D eigenvalue weighted by atomic mass is 10.0. The summed E-state index contributed by atoms with van der Waals surface area (Å²) >= 11 is 3.11. The lowest BCUT2D eigenvalue weighted by molar-refractivity contribution is -0.132. The molecular formula is C23H23N5O2S2. The second-order valence-electron chi connectivity index (χ2n) is 7.59. The fourth-order valence-electron chi connectivity index (χ4n) is 3.97. The summed E-state index contributed by atoms with van der Waals surface area (Å²) in [6.07, 6.45) is 4.76. The maximum absolute atomic E-state index is 13.2. The average molecular weight is 466 g/mol. The third-order valence-corrected chi connectivity index (χ3v) is 7.68. The molecule has 7 nitrogen and oxygen atoms in total. The molecule has 32 heavy (non-hydrogen) atoms. The van der Waals surface area contributed by atoms with E-state index in [1.807, 2.05) is 51.9 Å². The highest BCUT2D eigenvalue weighted by Crippen LogP contribution is 2.36. The lowest BCUT2D eigenvalue weighted by Gasteiger charge is -2.34. The van der Waals surface area contributed by atoms with Crippen LogP contribution in [0.3, 0.4) is 0 Å². The molecule has 4 aromatic rings. The number of likely N-dealkylation sites (tertiary alicyclic amines) is 1. The quantitative estimate of drug-likeness (QED) is 0.383. The van der Waals surface area contributed by atoms with E-state index in [2.05, 4.69) is 16.3 Å². The number of aromatic nitrogens is 4. The Morgan fingerprint density at radius 2 is 2.03 bits per heavy atom. The molecule has 1 aliphatic heterocycles. The van der Waals surface area contributed by atoms with Crippen molar-refractivity contribution in [3.8, 4) is 11.4 Å². The van der Waals surface area contributed by atoms with Crippen molar-refractivity contribution in [3.05, 3.63) is 59.9 Å². The molecule has 0 aliphatic carbocycles. The molecule has 0 bridgehead atoms. The SMILES string of the molecule is COc1ccc(-n2cnnc2SCC(=O)N2CCCC[C@@H]2c2nc3ccccc3s2)cc1. The number of rotatable bonds is 6. The number of carbonyl (C=O) groups is 1. The maximum atomic E-state index is 13.2. The van der Waals surface area contributed by atoms with Gasteiger partial charge < -0.3 is 9.64 Å². The van der Waals surface area contributed by atoms with Gasteiger partial charge in [0.1, 0.15) is 17.1 Å². The summed E-state index contributed by atoms with van der Waals surface area (Å²) in [5.41, 5.74) is 1.93. The number of nitrogens with zero attached hydrogens (tertiary/aromatic N) is 5. The second kappa shape index (κ2) is 9.30. The Kier molecular flexibility index (Phi) is 6.09. The summed E-state index contributed by atoms with van der Waals surface area (Å²) < 4.78 is 8.28. The number of ether oxygens (including phenoxy) is 1. The Bertz CT molecular complexity index is 1190. The second-order valence-corrected chi connectivity index (χ2v) is 9.59. The largest absolute Gasteiger partial charge is 0.497 e. The summed E-state index contributed by atoms with van der Waals surface area (Å²) in [6.45, 7) is 0.769. The Hall–Kier alpha value is -2.91. The van der Waals surface area contributed by atoms with E-state index in [1.54, 1.807) is 24.8 Å². The first kappa shape index (κ1) is 21.0. The van der Waals surface area contributed by atoms with E-state index in [9.17, 15) is 4.79 Å². The first-order valence-corrected chi connectivity index (χ1v) is 12.4. The van der Waals surface area contributed by atoms with Crippen LogP contribution in [0.1, 0.15) is 30.3 Å². The highest BCUT2D eigenvalue weighted by atomic mass is 32.2. The maximum Gasteiger partial charge on any atom is 0.233 e. The summed E-state index contributed by atoms with van der Waals surface area (Å²) in [6, 6.07) is 15.9. The van der Waals surface area contributed by atoms with Gasteiger partial charge in [0.05, 0.1) is 29.1 Å². The monoisotopic (exact) mass is 465 g/mol. The van der Waals surface area contributed by atoms with Crippen LogP contribution >= 0.6 is 23.1 Å². The molecule has 1 saturated heterocycles. The standard InChI is InChI=1S/C23H23N5O2S2/c1-30-17-11-9-16(10-12-17)28-15-24-26-23(28)31-14-21(29)27-13-5-4-7-19(27)22-25-18-6-2-3-8-20(18)32-22/h2-3,6,8-12,15,19H,4-5,7,13-14H2,1H3/t19-/m1/s1. The van der Waals surface area contributed by atoms with Crippen LogP contribution in [0.4, 0.5) is 0 Å². The number of piperidine rings is 1. The Balaban J connectivity index is 1.30. The molecule has 0 unspecified atom stereocenters. The van der Waals surface area contributed by atoms with Crippen molar-refractivity contribution in [2.75, 3.05) is 19.4 Å². The normalized spacial score (nSPS) is 16.4. The van der Waals surface area contributed by atoms with Gasteiger partial charge in [-0.25, -0.2) is 4.98 Å². The molecule has 0 spiro atoms. The van der Waals surface area contributed by atoms with Crippen molar-refractivity contribution in [1.29, 1.82) is 0 Å². The number of fused-ring (bicyclic) bond motifs is 1. The lowest BCUT2D eigenvalue weighted by Crippen LogP contribution is -2.39. The van der Waals surface area contributed by atoms with Gasteiger partial charge in [0.2, 0.25) is 5.91 Å². The number of para-hydroxylation sites is 1. The van der Waals surface area contributed by atoms with Gasteiger partial charge in [-0.05, 0) is 55.7 Å². The predicted octanol–water partition coefficient (Wildman–Crippen LogP) is 4.73. The van der Waals surface area contributed by atoms with Gasteiger partial charge in [-0.1, -0.05) is 23.9 Å². The van der Waals surface area contributed by atoms with E-state index in [0.29, 0.717) is 10.9 Å². The van der Waals surface area contributed by atoms with Gasteiger partial charge in [0.25, 0.3) is 0 Å². The molecule has 2 aromatic heterocycles. The average Bonchev–Trinajstić information content (AvgIpc) is 3.49. The molecule has 5 rings (SSSR count). The van der Waals surface area contributed by atoms with E-state index < -0.39 is 0 Å². The highest BCUT2D eigenvalue weighted by Gasteiger charge is 2.30. The molecule has 1 fully saturated rings. The number of thioether (sulfide) groups is 1.